The van der Waals surface area contributed by atoms with E-state index in [-0.39, 0.29) is 22.6 Å². The van der Waals surface area contributed by atoms with Crippen LogP contribution in [0.25, 0.3) is 43.3 Å². The molecule has 0 amide bonds. The van der Waals surface area contributed by atoms with Crippen LogP contribution in [-0.2, 0) is 6.42 Å². The summed E-state index contributed by atoms with van der Waals surface area (Å²) >= 11 is 0. The Morgan fingerprint density at radius 2 is 1.16 bits per heavy atom. The number of rotatable bonds is 12. The second kappa shape index (κ2) is 16.3. The van der Waals surface area contributed by atoms with Crippen molar-refractivity contribution in [1.29, 1.82) is 0 Å². The molecule has 8 nitrogen and oxygen atoms in total. The maximum Gasteiger partial charge on any atom is 0.343 e. The summed E-state index contributed by atoms with van der Waals surface area (Å²) in [6, 6.07) is 33.8. The van der Waals surface area contributed by atoms with Crippen molar-refractivity contribution in [1.82, 2.24) is 0 Å². The quantitative estimate of drug-likeness (QED) is 0.0524. The number of carbonyl (C=O) groups is 3. The predicted octanol–water partition coefficient (Wildman–Crippen LogP) is 12.3. The van der Waals surface area contributed by atoms with Gasteiger partial charge < -0.3 is 23.4 Å². The topological polar surface area (TPSA) is 101 Å². The van der Waals surface area contributed by atoms with Gasteiger partial charge in [-0.15, -0.1) is 0 Å². The molecule has 1 aromatic heterocycles. The lowest BCUT2D eigenvalue weighted by Crippen LogP contribution is -2.11. The Morgan fingerprint density at radius 3 is 1.78 bits per heavy atom. The summed E-state index contributed by atoms with van der Waals surface area (Å²) in [5, 5.41) is 7.03. The van der Waals surface area contributed by atoms with Gasteiger partial charge in [0.25, 0.3) is 0 Å². The van der Waals surface area contributed by atoms with Crippen LogP contribution in [-0.4, -0.2) is 25.0 Å². The molecule has 0 saturated carbocycles. The molecule has 0 atom stereocenters. The van der Waals surface area contributed by atoms with Crippen LogP contribution in [0, 0.1) is 13.8 Å². The van der Waals surface area contributed by atoms with Crippen LogP contribution < -0.4 is 18.9 Å². The zero-order valence-corrected chi connectivity index (χ0v) is 32.8. The number of hydrogen-bond acceptors (Lipinski definition) is 8. The number of fused-ring (bicyclic) bond motifs is 8. The molecule has 0 aliphatic carbocycles. The van der Waals surface area contributed by atoms with Crippen LogP contribution in [0.2, 0.25) is 0 Å². The number of carbonyl (C=O) groups excluding carboxylic acids is 3. The van der Waals surface area contributed by atoms with Crippen molar-refractivity contribution in [3.05, 3.63) is 155 Å². The molecule has 8 heteroatoms. The van der Waals surface area contributed by atoms with Crippen molar-refractivity contribution >= 4 is 61.2 Å². The monoisotopic (exact) mass is 770 g/mol. The molecular formula is C50H42O8. The first-order valence-corrected chi connectivity index (χ1v) is 19.5. The predicted molar refractivity (Wildman–Crippen MR) is 227 cm³/mol. The summed E-state index contributed by atoms with van der Waals surface area (Å²) < 4.78 is 29.0. The van der Waals surface area contributed by atoms with E-state index in [4.69, 9.17) is 23.4 Å². The van der Waals surface area contributed by atoms with Gasteiger partial charge in [0.1, 0.15) is 17.1 Å². The minimum absolute atomic E-state index is 0.237. The van der Waals surface area contributed by atoms with Crippen LogP contribution in [0.5, 0.6) is 23.0 Å². The molecule has 0 bridgehead atoms. The standard InChI is InChI=1S/C50H42O8/c1-5-6-7-8-11-32-14-16-33(17-15-32)48(51)56-37-22-18-34(19-23-37)49(52)57-38-24-20-35(21-25-38)50(53)58-44-27-40-41(28-43(44)54-4)47-45(31(3)30(2)29-55-47)42-26-36-12-9-10-13-39(36)46(40)42/h9-10,12-29H,5-8,11H2,1-4H3. The molecule has 8 aromatic rings. The van der Waals surface area contributed by atoms with Crippen LogP contribution in [0.15, 0.2) is 126 Å². The van der Waals surface area contributed by atoms with E-state index in [1.54, 1.807) is 30.5 Å². The van der Waals surface area contributed by atoms with Gasteiger partial charge in [0.2, 0.25) is 0 Å². The van der Waals surface area contributed by atoms with Crippen molar-refractivity contribution in [2.24, 2.45) is 0 Å². The fraction of sp³-hybridized carbons (Fsp3) is 0.180. The molecule has 0 aliphatic rings. The molecule has 0 spiro atoms. The Labute approximate surface area is 335 Å². The molecule has 290 valence electrons. The molecule has 0 aliphatic heterocycles. The van der Waals surface area contributed by atoms with Crippen molar-refractivity contribution in [3.8, 4) is 23.0 Å². The summed E-state index contributed by atoms with van der Waals surface area (Å²) in [6.07, 6.45) is 7.49. The van der Waals surface area contributed by atoms with E-state index in [1.807, 2.05) is 43.3 Å². The summed E-state index contributed by atoms with van der Waals surface area (Å²) in [6.45, 7) is 6.33. The van der Waals surface area contributed by atoms with E-state index in [0.29, 0.717) is 17.1 Å². The summed E-state index contributed by atoms with van der Waals surface area (Å²) in [7, 11) is 1.53. The number of methoxy groups -OCH3 is 1. The third kappa shape index (κ3) is 7.49. The van der Waals surface area contributed by atoms with Crippen LogP contribution in [0.4, 0.5) is 0 Å². The fourth-order valence-electron chi connectivity index (χ4n) is 7.46. The third-order valence-corrected chi connectivity index (χ3v) is 10.7. The van der Waals surface area contributed by atoms with Crippen LogP contribution in [0.1, 0.15) is 80.4 Å². The number of hydrogen-bond donors (Lipinski definition) is 0. The largest absolute Gasteiger partial charge is 0.493 e. The molecular weight excluding hydrogens is 729 g/mol. The van der Waals surface area contributed by atoms with E-state index >= 15 is 0 Å². The van der Waals surface area contributed by atoms with E-state index in [9.17, 15) is 14.4 Å². The average Bonchev–Trinajstić information content (AvgIpc) is 3.64. The van der Waals surface area contributed by atoms with E-state index in [0.717, 1.165) is 67.3 Å². The zero-order valence-electron chi connectivity index (χ0n) is 32.8. The highest BCUT2D eigenvalue weighted by Gasteiger charge is 2.22. The summed E-state index contributed by atoms with van der Waals surface area (Å²) in [5.41, 5.74) is 5.06. The van der Waals surface area contributed by atoms with Crippen molar-refractivity contribution < 1.29 is 37.7 Å². The molecule has 0 radical (unpaired) electrons. The van der Waals surface area contributed by atoms with Gasteiger partial charge in [0, 0.05) is 10.8 Å². The minimum Gasteiger partial charge on any atom is -0.493 e. The fourth-order valence-corrected chi connectivity index (χ4v) is 7.46. The number of aryl methyl sites for hydroxylation is 3. The van der Waals surface area contributed by atoms with Crippen LogP contribution >= 0.6 is 0 Å². The number of unbranched alkanes of at least 4 members (excludes halogenated alkanes) is 3. The first-order chi connectivity index (χ1) is 28.2. The highest BCUT2D eigenvalue weighted by atomic mass is 16.6. The normalized spacial score (nSPS) is 11.3. The second-order valence-corrected chi connectivity index (χ2v) is 14.5. The van der Waals surface area contributed by atoms with Gasteiger partial charge in [0.05, 0.1) is 30.1 Å². The summed E-state index contributed by atoms with van der Waals surface area (Å²) in [4.78, 5) is 39.2. The van der Waals surface area contributed by atoms with Gasteiger partial charge in [-0.2, -0.15) is 0 Å². The minimum atomic E-state index is -0.612. The van der Waals surface area contributed by atoms with Gasteiger partial charge in [0.15, 0.2) is 11.5 Å². The second-order valence-electron chi connectivity index (χ2n) is 14.5. The van der Waals surface area contributed by atoms with Gasteiger partial charge in [-0.05, 0) is 149 Å². The van der Waals surface area contributed by atoms with Crippen molar-refractivity contribution in [3.63, 3.8) is 0 Å². The Hall–Kier alpha value is -6.93. The van der Waals surface area contributed by atoms with E-state index < -0.39 is 17.9 Å². The van der Waals surface area contributed by atoms with Gasteiger partial charge in [-0.1, -0.05) is 62.6 Å². The molecule has 0 saturated heterocycles. The Morgan fingerprint density at radius 1 is 0.569 bits per heavy atom. The molecule has 8 rings (SSSR count). The lowest BCUT2D eigenvalue weighted by Gasteiger charge is -2.15. The lowest BCUT2D eigenvalue weighted by molar-refractivity contribution is 0.0722. The molecule has 1 heterocycles. The van der Waals surface area contributed by atoms with E-state index in [1.165, 1.54) is 68.3 Å². The third-order valence-electron chi connectivity index (χ3n) is 10.7. The molecule has 0 fully saturated rings. The smallest absolute Gasteiger partial charge is 0.343 e. The first kappa shape index (κ1) is 38.0. The molecule has 7 aromatic carbocycles. The number of ether oxygens (including phenoxy) is 4. The highest BCUT2D eigenvalue weighted by molar-refractivity contribution is 6.33. The Balaban J connectivity index is 0.954. The zero-order chi connectivity index (χ0) is 40.3. The van der Waals surface area contributed by atoms with Crippen molar-refractivity contribution in [2.75, 3.05) is 7.11 Å². The average molecular weight is 771 g/mol. The maximum atomic E-state index is 13.5. The Bertz CT molecular complexity index is 2830. The summed E-state index contributed by atoms with van der Waals surface area (Å²) in [5.74, 6) is -0.532. The van der Waals surface area contributed by atoms with Crippen molar-refractivity contribution in [2.45, 2.75) is 52.9 Å². The Kier molecular flexibility index (Phi) is 10.7. The molecule has 0 unspecified atom stereocenters. The molecule has 58 heavy (non-hydrogen) atoms. The SMILES string of the molecule is CCCCCCc1ccc(C(=O)Oc2ccc(C(=O)Oc3ccc(C(=O)Oc4cc5c(cc4OC)c4occ(C)c(C)c4c4cc6ccccc6c54)cc3)cc2)cc1. The number of benzene rings is 6. The highest BCUT2D eigenvalue weighted by Crippen LogP contribution is 2.46. The molecule has 0 N–H and O–H groups in total. The van der Waals surface area contributed by atoms with Crippen LogP contribution in [0.3, 0.4) is 0 Å². The first-order valence-electron chi connectivity index (χ1n) is 19.5. The maximum absolute atomic E-state index is 13.5. The lowest BCUT2D eigenvalue weighted by atomic mass is 9.95. The number of esters is 3. The van der Waals surface area contributed by atoms with Gasteiger partial charge in [-0.25, -0.2) is 14.4 Å². The van der Waals surface area contributed by atoms with E-state index in [2.05, 4.69) is 32.0 Å². The van der Waals surface area contributed by atoms with Gasteiger partial charge in [-0.3, -0.25) is 0 Å². The van der Waals surface area contributed by atoms with Gasteiger partial charge >= 0.3 is 17.9 Å².